The number of nitrogens with one attached hydrogen (secondary N) is 2. The molecule has 0 aromatic heterocycles. The van der Waals surface area contributed by atoms with Crippen LogP contribution in [0.5, 0.6) is 0 Å². The third kappa shape index (κ3) is 5.09. The van der Waals surface area contributed by atoms with Gasteiger partial charge in [0.25, 0.3) is 5.91 Å². The van der Waals surface area contributed by atoms with E-state index in [-0.39, 0.29) is 30.1 Å². The van der Waals surface area contributed by atoms with Gasteiger partial charge in [-0.15, -0.1) is 12.4 Å². The molecule has 6 nitrogen and oxygen atoms in total. The molecule has 130 valence electrons. The Balaban J connectivity index is 0.00000264. The number of benzene rings is 1. The van der Waals surface area contributed by atoms with E-state index in [0.29, 0.717) is 30.8 Å². The number of carbonyl (C=O) groups is 1. The average Bonchev–Trinajstić information content (AvgIpc) is 2.84. The number of anilines is 1. The fraction of sp³-hybridized carbons (Fsp3) is 0.533. The second-order valence-corrected chi connectivity index (χ2v) is 7.47. The van der Waals surface area contributed by atoms with Gasteiger partial charge in [0, 0.05) is 24.7 Å². The highest BCUT2D eigenvalue weighted by Crippen LogP contribution is 2.24. The zero-order chi connectivity index (χ0) is 16.2. The Morgan fingerprint density at radius 3 is 2.74 bits per heavy atom. The number of carbonyl (C=O) groups excluding carboxylic acids is 1. The van der Waals surface area contributed by atoms with E-state index in [1.54, 1.807) is 24.3 Å². The van der Waals surface area contributed by atoms with Gasteiger partial charge in [0.05, 0.1) is 11.4 Å². The van der Waals surface area contributed by atoms with Gasteiger partial charge in [-0.1, -0.05) is 13.0 Å². The second-order valence-electron chi connectivity index (χ2n) is 5.46. The lowest BCUT2D eigenvalue weighted by Gasteiger charge is -2.18. The van der Waals surface area contributed by atoms with Crippen LogP contribution in [0.3, 0.4) is 0 Å². The molecule has 1 heterocycles. The molecule has 0 saturated carbocycles. The molecule has 1 aliphatic rings. The van der Waals surface area contributed by atoms with Gasteiger partial charge in [-0.3, -0.25) is 9.10 Å². The van der Waals surface area contributed by atoms with Crippen LogP contribution in [0.15, 0.2) is 24.3 Å². The topological polar surface area (TPSA) is 78.5 Å². The van der Waals surface area contributed by atoms with Crippen molar-refractivity contribution in [2.45, 2.75) is 26.3 Å². The highest BCUT2D eigenvalue weighted by molar-refractivity contribution is 7.93. The normalized spacial score (nSPS) is 17.4. The van der Waals surface area contributed by atoms with Gasteiger partial charge in [-0.05, 0) is 38.1 Å². The molecule has 2 rings (SSSR count). The van der Waals surface area contributed by atoms with Crippen molar-refractivity contribution >= 4 is 34.0 Å². The van der Waals surface area contributed by atoms with E-state index >= 15 is 0 Å². The number of amides is 1. The van der Waals surface area contributed by atoms with E-state index in [2.05, 4.69) is 10.6 Å². The first-order valence-corrected chi connectivity index (χ1v) is 9.17. The van der Waals surface area contributed by atoms with Gasteiger partial charge in [0.1, 0.15) is 0 Å². The third-order valence-electron chi connectivity index (χ3n) is 3.62. The minimum atomic E-state index is -3.22. The summed E-state index contributed by atoms with van der Waals surface area (Å²) >= 11 is 0. The largest absolute Gasteiger partial charge is 0.350 e. The average molecular weight is 362 g/mol. The van der Waals surface area contributed by atoms with Crippen molar-refractivity contribution in [3.05, 3.63) is 29.8 Å². The smallest absolute Gasteiger partial charge is 0.251 e. The molecule has 0 radical (unpaired) electrons. The van der Waals surface area contributed by atoms with E-state index in [9.17, 15) is 13.2 Å². The summed E-state index contributed by atoms with van der Waals surface area (Å²) < 4.78 is 25.3. The molecule has 0 bridgehead atoms. The number of likely N-dealkylation sites (N-methyl/N-ethyl adjacent to an activating group) is 1. The minimum Gasteiger partial charge on any atom is -0.350 e. The molecule has 1 saturated heterocycles. The summed E-state index contributed by atoms with van der Waals surface area (Å²) in [5, 5.41) is 6.07. The van der Waals surface area contributed by atoms with Crippen LogP contribution in [0, 0.1) is 0 Å². The lowest BCUT2D eigenvalue weighted by atomic mass is 10.2. The molecule has 23 heavy (non-hydrogen) atoms. The van der Waals surface area contributed by atoms with Crippen LogP contribution >= 0.6 is 12.4 Å². The van der Waals surface area contributed by atoms with Crippen LogP contribution in [0.4, 0.5) is 5.69 Å². The van der Waals surface area contributed by atoms with E-state index in [0.717, 1.165) is 6.54 Å². The summed E-state index contributed by atoms with van der Waals surface area (Å²) in [6.45, 7) is 5.86. The van der Waals surface area contributed by atoms with Gasteiger partial charge in [-0.2, -0.15) is 0 Å². The SMILES string of the molecule is CCN[C@H](C)CNC(=O)c1cccc(N2CCCS2(=O)=O)c1.Cl. The Morgan fingerprint density at radius 1 is 1.39 bits per heavy atom. The molecule has 0 unspecified atom stereocenters. The quantitative estimate of drug-likeness (QED) is 0.802. The van der Waals surface area contributed by atoms with Crippen LogP contribution < -0.4 is 14.9 Å². The molecular weight excluding hydrogens is 338 g/mol. The Morgan fingerprint density at radius 2 is 2.13 bits per heavy atom. The van der Waals surface area contributed by atoms with Crippen molar-refractivity contribution in [3.8, 4) is 0 Å². The third-order valence-corrected chi connectivity index (χ3v) is 5.49. The maximum Gasteiger partial charge on any atom is 0.251 e. The summed E-state index contributed by atoms with van der Waals surface area (Å²) in [5.41, 5.74) is 1.04. The fourth-order valence-electron chi connectivity index (χ4n) is 2.50. The predicted molar refractivity (Wildman–Crippen MR) is 94.9 cm³/mol. The molecule has 2 N–H and O–H groups in total. The Kier molecular flexibility index (Phi) is 7.31. The van der Waals surface area contributed by atoms with Crippen molar-refractivity contribution in [1.82, 2.24) is 10.6 Å². The predicted octanol–water partition coefficient (Wildman–Crippen LogP) is 1.38. The molecular formula is C15H24ClN3O3S. The summed E-state index contributed by atoms with van der Waals surface area (Å²) in [7, 11) is -3.22. The van der Waals surface area contributed by atoms with E-state index in [1.807, 2.05) is 13.8 Å². The van der Waals surface area contributed by atoms with Crippen molar-refractivity contribution in [1.29, 1.82) is 0 Å². The van der Waals surface area contributed by atoms with Gasteiger partial charge < -0.3 is 10.6 Å². The zero-order valence-electron chi connectivity index (χ0n) is 13.4. The van der Waals surface area contributed by atoms with Crippen LogP contribution in [0.25, 0.3) is 0 Å². The van der Waals surface area contributed by atoms with Crippen molar-refractivity contribution in [2.24, 2.45) is 0 Å². The number of sulfonamides is 1. The Hall–Kier alpha value is -1.31. The fourth-order valence-corrected chi connectivity index (χ4v) is 4.06. The van der Waals surface area contributed by atoms with Gasteiger partial charge in [0.2, 0.25) is 10.0 Å². The molecule has 1 aliphatic heterocycles. The first kappa shape index (κ1) is 19.7. The number of rotatable bonds is 6. The van der Waals surface area contributed by atoms with Crippen molar-refractivity contribution in [2.75, 3.05) is 29.7 Å². The maximum atomic E-state index is 12.2. The lowest BCUT2D eigenvalue weighted by Crippen LogP contribution is -2.38. The number of hydrogen-bond donors (Lipinski definition) is 2. The van der Waals surface area contributed by atoms with E-state index < -0.39 is 10.0 Å². The summed E-state index contributed by atoms with van der Waals surface area (Å²) in [6, 6.07) is 6.96. The molecule has 0 aliphatic carbocycles. The summed E-state index contributed by atoms with van der Waals surface area (Å²) in [5.74, 6) is -0.0212. The molecule has 1 aromatic rings. The number of halogens is 1. The zero-order valence-corrected chi connectivity index (χ0v) is 15.0. The molecule has 0 spiro atoms. The number of hydrogen-bond acceptors (Lipinski definition) is 4. The lowest BCUT2D eigenvalue weighted by molar-refractivity contribution is 0.0950. The molecule has 1 aromatic carbocycles. The van der Waals surface area contributed by atoms with E-state index in [1.165, 1.54) is 4.31 Å². The van der Waals surface area contributed by atoms with Crippen LogP contribution in [0.1, 0.15) is 30.6 Å². The van der Waals surface area contributed by atoms with Crippen LogP contribution in [-0.2, 0) is 10.0 Å². The van der Waals surface area contributed by atoms with Crippen molar-refractivity contribution in [3.63, 3.8) is 0 Å². The van der Waals surface area contributed by atoms with Gasteiger partial charge in [-0.25, -0.2) is 8.42 Å². The number of nitrogens with zero attached hydrogens (tertiary/aromatic N) is 1. The summed E-state index contributed by atoms with van der Waals surface area (Å²) in [6.07, 6.45) is 0.624. The van der Waals surface area contributed by atoms with Crippen LogP contribution in [0.2, 0.25) is 0 Å². The first-order chi connectivity index (χ1) is 10.4. The van der Waals surface area contributed by atoms with Gasteiger partial charge >= 0.3 is 0 Å². The maximum absolute atomic E-state index is 12.2. The second kappa shape index (κ2) is 8.52. The van der Waals surface area contributed by atoms with Crippen LogP contribution in [-0.4, -0.2) is 45.8 Å². The molecule has 1 amide bonds. The molecule has 8 heteroatoms. The minimum absolute atomic E-state index is 0. The monoisotopic (exact) mass is 361 g/mol. The highest BCUT2D eigenvalue weighted by atomic mass is 35.5. The highest BCUT2D eigenvalue weighted by Gasteiger charge is 2.28. The first-order valence-electron chi connectivity index (χ1n) is 7.56. The van der Waals surface area contributed by atoms with E-state index in [4.69, 9.17) is 0 Å². The summed E-state index contributed by atoms with van der Waals surface area (Å²) in [4.78, 5) is 12.2. The Labute approximate surface area is 144 Å². The van der Waals surface area contributed by atoms with Crippen molar-refractivity contribution < 1.29 is 13.2 Å². The van der Waals surface area contributed by atoms with Gasteiger partial charge in [0.15, 0.2) is 0 Å². The Bertz CT molecular complexity index is 637. The standard InChI is InChI=1S/C15H23N3O3S.ClH/c1-3-16-12(2)11-17-15(19)13-6-4-7-14(10-13)18-8-5-9-22(18,20)21;/h4,6-7,10,12,16H,3,5,8-9,11H2,1-2H3,(H,17,19);1H/t12-;/m1./s1. The molecule has 1 fully saturated rings. The molecule has 1 atom stereocenters.